The van der Waals surface area contributed by atoms with Gasteiger partial charge in [-0.3, -0.25) is 14.4 Å². The van der Waals surface area contributed by atoms with Crippen molar-refractivity contribution < 1.29 is 33.8 Å². The molecule has 0 bridgehead atoms. The molecule has 1 aromatic rings. The van der Waals surface area contributed by atoms with Gasteiger partial charge >= 0.3 is 5.97 Å². The van der Waals surface area contributed by atoms with Crippen LogP contribution in [-0.2, 0) is 35.3 Å². The van der Waals surface area contributed by atoms with Crippen LogP contribution in [0.2, 0.25) is 0 Å². The number of hydrogen-bond acceptors (Lipinski definition) is 7. The number of carbonyl (C=O) groups excluding carboxylic acids is 4. The van der Waals surface area contributed by atoms with E-state index < -0.39 is 47.9 Å². The second kappa shape index (κ2) is 24.0. The van der Waals surface area contributed by atoms with Crippen molar-refractivity contribution in [2.45, 2.75) is 130 Å². The van der Waals surface area contributed by atoms with Crippen molar-refractivity contribution in [1.82, 2.24) is 15.5 Å². The number of esters is 1. The van der Waals surface area contributed by atoms with Crippen molar-refractivity contribution in [2.24, 2.45) is 17.8 Å². The van der Waals surface area contributed by atoms with Crippen LogP contribution in [0.3, 0.4) is 0 Å². The summed E-state index contributed by atoms with van der Waals surface area (Å²) in [4.78, 5) is 55.4. The number of carbonyl (C=O) groups is 4. The third kappa shape index (κ3) is 15.8. The molecule has 0 aliphatic carbocycles. The van der Waals surface area contributed by atoms with Gasteiger partial charge in [-0.05, 0) is 30.2 Å². The van der Waals surface area contributed by atoms with Crippen LogP contribution < -0.4 is 10.6 Å². The molecule has 0 heterocycles. The monoisotopic (exact) mass is 673 g/mol. The molecule has 1 aromatic carbocycles. The minimum atomic E-state index is -1.12. The first kappa shape index (κ1) is 42.8. The molecule has 0 fully saturated rings. The predicted octanol–water partition coefficient (Wildman–Crippen LogP) is 5.57. The summed E-state index contributed by atoms with van der Waals surface area (Å²) >= 11 is 0. The van der Waals surface area contributed by atoms with E-state index in [0.717, 1.165) is 24.8 Å². The van der Waals surface area contributed by atoms with Gasteiger partial charge in [0.1, 0.15) is 18.7 Å². The molecule has 1 rings (SSSR count). The number of nitrogens with one attached hydrogen (secondary N) is 2. The predicted molar refractivity (Wildman–Crippen MR) is 190 cm³/mol. The summed E-state index contributed by atoms with van der Waals surface area (Å²) in [6, 6.07) is 6.48. The molecule has 10 nitrogen and oxygen atoms in total. The zero-order chi connectivity index (χ0) is 36.1. The summed E-state index contributed by atoms with van der Waals surface area (Å²) in [6.45, 7) is 15.2. The van der Waals surface area contributed by atoms with Crippen LogP contribution in [-0.4, -0.2) is 78.2 Å². The van der Waals surface area contributed by atoms with E-state index in [2.05, 4.69) is 24.1 Å². The summed E-state index contributed by atoms with van der Waals surface area (Å²) < 4.78 is 11.0. The number of benzene rings is 1. The Kier molecular flexibility index (Phi) is 21.4. The van der Waals surface area contributed by atoms with Gasteiger partial charge in [0.2, 0.25) is 17.7 Å². The lowest BCUT2D eigenvalue weighted by molar-refractivity contribution is -0.149. The summed E-state index contributed by atoms with van der Waals surface area (Å²) in [5.74, 6) is -2.92. The lowest BCUT2D eigenvalue weighted by atomic mass is 9.94. The molecule has 0 unspecified atom stereocenters. The average molecular weight is 674 g/mol. The largest absolute Gasteiger partial charge is 0.460 e. The molecule has 0 aliphatic heterocycles. The first-order valence-corrected chi connectivity index (χ1v) is 17.8. The van der Waals surface area contributed by atoms with E-state index in [1.54, 1.807) is 14.0 Å². The number of ether oxygens (including phenoxy) is 2. The van der Waals surface area contributed by atoms with Crippen LogP contribution in [0.5, 0.6) is 0 Å². The minimum Gasteiger partial charge on any atom is -0.460 e. The molecule has 0 aliphatic rings. The van der Waals surface area contributed by atoms with Crippen LogP contribution in [0, 0.1) is 17.8 Å². The van der Waals surface area contributed by atoms with Gasteiger partial charge in [-0.25, -0.2) is 4.79 Å². The second-order valence-electron chi connectivity index (χ2n) is 13.4. The van der Waals surface area contributed by atoms with Gasteiger partial charge in [-0.15, -0.1) is 0 Å². The Morgan fingerprint density at radius 3 is 2.19 bits per heavy atom. The molecule has 6 atom stereocenters. The van der Waals surface area contributed by atoms with Gasteiger partial charge in [0.15, 0.2) is 6.04 Å². The molecule has 272 valence electrons. The number of amides is 3. The van der Waals surface area contributed by atoms with Gasteiger partial charge in [0.05, 0.1) is 25.2 Å². The lowest BCUT2D eigenvalue weighted by Gasteiger charge is -2.34. The molecular weight excluding hydrogens is 610 g/mol. The molecule has 0 spiro atoms. The van der Waals surface area contributed by atoms with Gasteiger partial charge < -0.3 is 30.1 Å². The molecule has 0 saturated heterocycles. The number of hydrogen-bond donors (Lipinski definition) is 3. The number of unbranched alkanes of at least 4 members (excludes halogenated alkanes) is 5. The summed E-state index contributed by atoms with van der Waals surface area (Å²) in [5.41, 5.74) is 0.908. The van der Waals surface area contributed by atoms with Crippen LogP contribution >= 0.6 is 0 Å². The first-order valence-electron chi connectivity index (χ1n) is 17.8. The topological polar surface area (TPSA) is 134 Å². The van der Waals surface area contributed by atoms with E-state index in [4.69, 9.17) is 9.47 Å². The van der Waals surface area contributed by atoms with Crippen molar-refractivity contribution in [1.29, 1.82) is 0 Å². The molecule has 3 N–H and O–H groups in total. The maximum Gasteiger partial charge on any atom is 0.331 e. The normalized spacial score (nSPS) is 15.0. The van der Waals surface area contributed by atoms with Gasteiger partial charge in [-0.2, -0.15) is 0 Å². The fraction of sp³-hybridized carbons (Fsp3) is 0.684. The van der Waals surface area contributed by atoms with E-state index in [1.807, 2.05) is 58.0 Å². The van der Waals surface area contributed by atoms with E-state index in [1.165, 1.54) is 30.2 Å². The number of likely N-dealkylation sites (N-methyl/N-ethyl adjacent to an activating group) is 1. The van der Waals surface area contributed by atoms with E-state index in [0.29, 0.717) is 19.3 Å². The SMILES string of the molecule is C=CCOC(=O)[C@H](COCc1ccccc1)NC(=O)[C@@H](NC(=O)[C@H](CC(C)C)N(C)C(=O)[C@H](C)[C@H](O)CCCCCCCC)[C@H](C)CC. The van der Waals surface area contributed by atoms with Crippen molar-refractivity contribution in [3.05, 3.63) is 48.6 Å². The highest BCUT2D eigenvalue weighted by Crippen LogP contribution is 2.20. The molecular formula is C38H63N3O7. The van der Waals surface area contributed by atoms with Crippen molar-refractivity contribution in [3.63, 3.8) is 0 Å². The lowest BCUT2D eigenvalue weighted by Crippen LogP contribution is -2.59. The smallest absolute Gasteiger partial charge is 0.331 e. The fourth-order valence-electron chi connectivity index (χ4n) is 5.40. The van der Waals surface area contributed by atoms with E-state index in [9.17, 15) is 24.3 Å². The maximum atomic E-state index is 13.9. The quantitative estimate of drug-likeness (QED) is 0.0702. The summed E-state index contributed by atoms with van der Waals surface area (Å²) in [7, 11) is 1.58. The van der Waals surface area contributed by atoms with Crippen molar-refractivity contribution in [3.8, 4) is 0 Å². The number of rotatable bonds is 25. The summed E-state index contributed by atoms with van der Waals surface area (Å²) in [5, 5.41) is 16.4. The molecule has 0 saturated carbocycles. The zero-order valence-electron chi connectivity index (χ0n) is 30.5. The Bertz CT molecular complexity index is 1100. The Labute approximate surface area is 289 Å². The molecule has 0 aromatic heterocycles. The first-order chi connectivity index (χ1) is 22.9. The van der Waals surface area contributed by atoms with Gasteiger partial charge in [-0.1, -0.05) is 129 Å². The third-order valence-electron chi connectivity index (χ3n) is 8.77. The Hall–Kier alpha value is -3.24. The molecule has 3 amide bonds. The van der Waals surface area contributed by atoms with Crippen LogP contribution in [0.25, 0.3) is 0 Å². The van der Waals surface area contributed by atoms with Gasteiger partial charge in [0.25, 0.3) is 0 Å². The highest BCUT2D eigenvalue weighted by atomic mass is 16.5. The number of aliphatic hydroxyl groups excluding tert-OH is 1. The second-order valence-corrected chi connectivity index (χ2v) is 13.4. The third-order valence-corrected chi connectivity index (χ3v) is 8.77. The van der Waals surface area contributed by atoms with Crippen molar-refractivity contribution >= 4 is 23.7 Å². The molecule has 10 heteroatoms. The van der Waals surface area contributed by atoms with Crippen molar-refractivity contribution in [2.75, 3.05) is 20.3 Å². The van der Waals surface area contributed by atoms with E-state index in [-0.39, 0.29) is 37.6 Å². The highest BCUT2D eigenvalue weighted by molar-refractivity contribution is 5.94. The Balaban J connectivity index is 3.05. The van der Waals surface area contributed by atoms with Gasteiger partial charge in [0, 0.05) is 7.05 Å². The number of aliphatic hydroxyl groups is 1. The average Bonchev–Trinajstić information content (AvgIpc) is 3.08. The van der Waals surface area contributed by atoms with E-state index >= 15 is 0 Å². The van der Waals surface area contributed by atoms with Crippen LogP contribution in [0.4, 0.5) is 0 Å². The minimum absolute atomic E-state index is 0.0290. The fourth-order valence-corrected chi connectivity index (χ4v) is 5.40. The standard InChI is InChI=1S/C38H63N3O7/c1-9-12-13-14-15-19-22-33(42)29(7)37(45)41(8)32(24-27(4)5)35(43)40-34(28(6)11-3)36(44)39-31(38(46)48-23-10-2)26-47-25-30-20-17-16-18-21-30/h10,16-18,20-21,27-29,31-34,42H,2,9,11-15,19,22-26H2,1,3-8H3,(H,39,44)(H,40,43)/t28-,29-,31+,32+,33-,34+/m1/s1. The Morgan fingerprint density at radius 1 is 0.938 bits per heavy atom. The Morgan fingerprint density at radius 2 is 1.58 bits per heavy atom. The highest BCUT2D eigenvalue weighted by Gasteiger charge is 2.36. The zero-order valence-corrected chi connectivity index (χ0v) is 30.5. The summed E-state index contributed by atoms with van der Waals surface area (Å²) in [6.07, 6.45) is 8.60. The van der Waals surface area contributed by atoms with Crippen LogP contribution in [0.15, 0.2) is 43.0 Å². The molecule has 0 radical (unpaired) electrons. The number of nitrogens with zero attached hydrogens (tertiary/aromatic N) is 1. The van der Waals surface area contributed by atoms with Crippen LogP contribution in [0.1, 0.15) is 105 Å². The maximum absolute atomic E-state index is 13.9. The molecule has 48 heavy (non-hydrogen) atoms.